The standard InChI is InChI=1S/C19H30N2O2.ClH/c1-3-23-14-18-8-5-4-7-17(18)13-21-19(22)11-15(2)16-9-6-10-20-12-16;/h4-5,7-8,15-16,20H,3,6,9-14H2,1-2H3,(H,21,22);1H. The van der Waals surface area contributed by atoms with Crippen molar-refractivity contribution in [2.75, 3.05) is 19.7 Å². The lowest BCUT2D eigenvalue weighted by Gasteiger charge is -2.28. The molecule has 0 bridgehead atoms. The van der Waals surface area contributed by atoms with Crippen LogP contribution < -0.4 is 10.6 Å². The third-order valence-corrected chi connectivity index (χ3v) is 4.70. The summed E-state index contributed by atoms with van der Waals surface area (Å²) in [5.41, 5.74) is 2.29. The van der Waals surface area contributed by atoms with Gasteiger partial charge in [0, 0.05) is 19.6 Å². The van der Waals surface area contributed by atoms with Gasteiger partial charge in [-0.3, -0.25) is 4.79 Å². The molecule has 0 aromatic heterocycles. The monoisotopic (exact) mass is 354 g/mol. The summed E-state index contributed by atoms with van der Waals surface area (Å²) in [7, 11) is 0. The van der Waals surface area contributed by atoms with E-state index in [1.165, 1.54) is 12.8 Å². The van der Waals surface area contributed by atoms with Gasteiger partial charge in [0.25, 0.3) is 0 Å². The lowest BCUT2D eigenvalue weighted by molar-refractivity contribution is -0.122. The Hall–Kier alpha value is -1.10. The summed E-state index contributed by atoms with van der Waals surface area (Å²) < 4.78 is 5.49. The number of ether oxygens (including phenoxy) is 1. The Morgan fingerprint density at radius 3 is 2.79 bits per heavy atom. The zero-order valence-corrected chi connectivity index (χ0v) is 15.7. The maximum atomic E-state index is 12.2. The second kappa shape index (κ2) is 11.5. The predicted molar refractivity (Wildman–Crippen MR) is 100 cm³/mol. The van der Waals surface area contributed by atoms with Gasteiger partial charge in [0.15, 0.2) is 0 Å². The molecule has 1 aliphatic heterocycles. The van der Waals surface area contributed by atoms with Crippen LogP contribution in [0.5, 0.6) is 0 Å². The number of amides is 1. The number of benzene rings is 1. The molecular weight excluding hydrogens is 324 g/mol. The van der Waals surface area contributed by atoms with Gasteiger partial charge in [0.05, 0.1) is 6.61 Å². The van der Waals surface area contributed by atoms with E-state index < -0.39 is 0 Å². The third kappa shape index (κ3) is 6.80. The number of rotatable bonds is 8. The Kier molecular flexibility index (Phi) is 9.99. The van der Waals surface area contributed by atoms with Crippen LogP contribution in [0.3, 0.4) is 0 Å². The van der Waals surface area contributed by atoms with Crippen LogP contribution in [-0.4, -0.2) is 25.6 Å². The van der Waals surface area contributed by atoms with Crippen LogP contribution in [0.1, 0.15) is 44.2 Å². The number of piperidine rings is 1. The van der Waals surface area contributed by atoms with Crippen molar-refractivity contribution >= 4 is 18.3 Å². The molecule has 24 heavy (non-hydrogen) atoms. The summed E-state index contributed by atoms with van der Waals surface area (Å²) in [6.45, 7) is 8.24. The van der Waals surface area contributed by atoms with E-state index in [1.807, 2.05) is 19.1 Å². The highest BCUT2D eigenvalue weighted by Gasteiger charge is 2.21. The highest BCUT2D eigenvalue weighted by Crippen LogP contribution is 2.22. The Balaban J connectivity index is 0.00000288. The molecule has 2 atom stereocenters. The molecule has 136 valence electrons. The zero-order valence-electron chi connectivity index (χ0n) is 14.8. The van der Waals surface area contributed by atoms with Gasteiger partial charge in [-0.25, -0.2) is 0 Å². The van der Waals surface area contributed by atoms with Gasteiger partial charge < -0.3 is 15.4 Å². The topological polar surface area (TPSA) is 50.4 Å². The highest BCUT2D eigenvalue weighted by molar-refractivity contribution is 5.85. The third-order valence-electron chi connectivity index (χ3n) is 4.70. The van der Waals surface area contributed by atoms with Gasteiger partial charge in [-0.2, -0.15) is 0 Å². The summed E-state index contributed by atoms with van der Waals surface area (Å²) in [6.07, 6.45) is 3.07. The van der Waals surface area contributed by atoms with Gasteiger partial charge in [0.2, 0.25) is 5.91 Å². The Bertz CT molecular complexity index is 490. The average Bonchev–Trinajstić information content (AvgIpc) is 2.59. The maximum absolute atomic E-state index is 12.2. The van der Waals surface area contributed by atoms with Crippen molar-refractivity contribution in [2.45, 2.75) is 46.3 Å². The summed E-state index contributed by atoms with van der Waals surface area (Å²) in [5.74, 6) is 1.20. The van der Waals surface area contributed by atoms with Gasteiger partial charge in [-0.15, -0.1) is 12.4 Å². The van der Waals surface area contributed by atoms with Crippen molar-refractivity contribution in [3.05, 3.63) is 35.4 Å². The van der Waals surface area contributed by atoms with Crippen molar-refractivity contribution in [3.8, 4) is 0 Å². The number of carbonyl (C=O) groups is 1. The quantitative estimate of drug-likeness (QED) is 0.753. The second-order valence-corrected chi connectivity index (χ2v) is 6.47. The van der Waals surface area contributed by atoms with E-state index in [-0.39, 0.29) is 18.3 Å². The van der Waals surface area contributed by atoms with Crippen LogP contribution in [0, 0.1) is 11.8 Å². The molecule has 2 rings (SSSR count). The van der Waals surface area contributed by atoms with Crippen molar-refractivity contribution in [1.82, 2.24) is 10.6 Å². The fourth-order valence-corrected chi connectivity index (χ4v) is 3.17. The van der Waals surface area contributed by atoms with Crippen molar-refractivity contribution in [3.63, 3.8) is 0 Å². The van der Waals surface area contributed by atoms with Crippen LogP contribution in [0.25, 0.3) is 0 Å². The molecule has 2 N–H and O–H groups in total. The van der Waals surface area contributed by atoms with E-state index in [9.17, 15) is 4.79 Å². The molecule has 1 fully saturated rings. The molecule has 1 amide bonds. The lowest BCUT2D eigenvalue weighted by atomic mass is 9.85. The summed E-state index contributed by atoms with van der Waals surface area (Å²) >= 11 is 0. The van der Waals surface area contributed by atoms with Gasteiger partial charge >= 0.3 is 0 Å². The maximum Gasteiger partial charge on any atom is 0.220 e. The number of carbonyl (C=O) groups excluding carboxylic acids is 1. The van der Waals surface area contributed by atoms with Crippen LogP contribution in [-0.2, 0) is 22.7 Å². The number of halogens is 1. The van der Waals surface area contributed by atoms with Crippen LogP contribution in [0.2, 0.25) is 0 Å². The van der Waals surface area contributed by atoms with E-state index in [4.69, 9.17) is 4.74 Å². The molecular formula is C19H31ClN2O2. The zero-order chi connectivity index (χ0) is 16.5. The minimum absolute atomic E-state index is 0. The first kappa shape index (κ1) is 20.9. The smallest absolute Gasteiger partial charge is 0.220 e. The van der Waals surface area contributed by atoms with Crippen LogP contribution >= 0.6 is 12.4 Å². The molecule has 0 spiro atoms. The normalized spacial score (nSPS) is 18.5. The summed E-state index contributed by atoms with van der Waals surface area (Å²) in [6, 6.07) is 8.14. The lowest BCUT2D eigenvalue weighted by Crippen LogP contribution is -2.35. The Morgan fingerprint density at radius 1 is 1.38 bits per heavy atom. The average molecular weight is 355 g/mol. The van der Waals surface area contributed by atoms with Gasteiger partial charge in [-0.05, 0) is 55.8 Å². The van der Waals surface area contributed by atoms with E-state index in [0.717, 1.165) is 24.2 Å². The molecule has 1 aromatic carbocycles. The SMILES string of the molecule is CCOCc1ccccc1CNC(=O)CC(C)C1CCCNC1.Cl. The summed E-state index contributed by atoms with van der Waals surface area (Å²) in [5, 5.41) is 6.50. The molecule has 2 unspecified atom stereocenters. The molecule has 1 aliphatic rings. The Labute approximate surface area is 152 Å². The molecule has 5 heteroatoms. The highest BCUT2D eigenvalue weighted by atomic mass is 35.5. The van der Waals surface area contributed by atoms with Crippen LogP contribution in [0.15, 0.2) is 24.3 Å². The Morgan fingerprint density at radius 2 is 2.12 bits per heavy atom. The predicted octanol–water partition coefficient (Wildman–Crippen LogP) is 3.29. The summed E-state index contributed by atoms with van der Waals surface area (Å²) in [4.78, 5) is 12.2. The van der Waals surface area contributed by atoms with Gasteiger partial charge in [-0.1, -0.05) is 31.2 Å². The largest absolute Gasteiger partial charge is 0.377 e. The molecule has 0 radical (unpaired) electrons. The molecule has 4 nitrogen and oxygen atoms in total. The van der Waals surface area contributed by atoms with Gasteiger partial charge in [0.1, 0.15) is 0 Å². The molecule has 0 aliphatic carbocycles. The fourth-order valence-electron chi connectivity index (χ4n) is 3.17. The first-order valence-electron chi connectivity index (χ1n) is 8.82. The number of hydrogen-bond acceptors (Lipinski definition) is 3. The second-order valence-electron chi connectivity index (χ2n) is 6.47. The van der Waals surface area contributed by atoms with E-state index in [0.29, 0.717) is 38.0 Å². The number of hydrogen-bond donors (Lipinski definition) is 2. The number of nitrogens with one attached hydrogen (secondary N) is 2. The van der Waals surface area contributed by atoms with Crippen molar-refractivity contribution < 1.29 is 9.53 Å². The first-order valence-corrected chi connectivity index (χ1v) is 8.82. The van der Waals surface area contributed by atoms with Crippen LogP contribution in [0.4, 0.5) is 0 Å². The molecule has 0 saturated carbocycles. The minimum atomic E-state index is 0. The molecule has 1 aromatic rings. The van der Waals surface area contributed by atoms with E-state index >= 15 is 0 Å². The molecule has 1 saturated heterocycles. The van der Waals surface area contributed by atoms with Crippen molar-refractivity contribution in [2.24, 2.45) is 11.8 Å². The van der Waals surface area contributed by atoms with E-state index in [2.05, 4.69) is 29.7 Å². The van der Waals surface area contributed by atoms with Crippen molar-refractivity contribution in [1.29, 1.82) is 0 Å². The first-order chi connectivity index (χ1) is 11.2. The molecule has 1 heterocycles. The fraction of sp³-hybridized carbons (Fsp3) is 0.632. The van der Waals surface area contributed by atoms with E-state index in [1.54, 1.807) is 0 Å². The minimum Gasteiger partial charge on any atom is -0.377 e.